The van der Waals surface area contributed by atoms with Gasteiger partial charge in [0, 0.05) is 35.9 Å². The van der Waals surface area contributed by atoms with Crippen LogP contribution in [0.4, 0.5) is 0 Å². The number of carbonyl (C=O) groups excluding carboxylic acids is 3. The molecule has 0 saturated heterocycles. The van der Waals surface area contributed by atoms with Gasteiger partial charge in [-0.2, -0.15) is 10.2 Å². The zero-order valence-corrected chi connectivity index (χ0v) is 38.7. The van der Waals surface area contributed by atoms with Crippen LogP contribution in [0.3, 0.4) is 0 Å². The van der Waals surface area contributed by atoms with E-state index in [0.717, 1.165) is 44.8 Å². The van der Waals surface area contributed by atoms with E-state index < -0.39 is 48.0 Å². The number of nitrogens with one attached hydrogen (secondary N) is 2. The van der Waals surface area contributed by atoms with Crippen LogP contribution in [-0.2, 0) is 27.2 Å². The summed E-state index contributed by atoms with van der Waals surface area (Å²) >= 11 is 0. The van der Waals surface area contributed by atoms with Crippen LogP contribution in [0.25, 0.3) is 34.2 Å². The van der Waals surface area contributed by atoms with Crippen molar-refractivity contribution in [2.45, 2.75) is 57.9 Å². The van der Waals surface area contributed by atoms with Crippen molar-refractivity contribution in [2.75, 3.05) is 6.61 Å². The van der Waals surface area contributed by atoms with E-state index in [0.29, 0.717) is 11.6 Å². The zero-order chi connectivity index (χ0) is 49.6. The predicted octanol–water partition coefficient (Wildman–Crippen LogP) is 6.54. The highest BCUT2D eigenvalue weighted by Gasteiger charge is 2.31. The van der Waals surface area contributed by atoms with Gasteiger partial charge >= 0.3 is 11.9 Å². The van der Waals surface area contributed by atoms with Crippen molar-refractivity contribution in [1.29, 1.82) is 0 Å². The molecule has 0 aliphatic heterocycles. The number of rotatable bonds is 17. The van der Waals surface area contributed by atoms with Gasteiger partial charge in [-0.25, -0.2) is 28.9 Å². The smallest absolute Gasteiger partial charge is 0.337 e. The molecule has 0 fully saturated rings. The molecule has 0 bridgehead atoms. The number of hydrogen-bond acceptors (Lipinski definition) is 11. The minimum Gasteiger partial charge on any atom is -0.479 e. The van der Waals surface area contributed by atoms with E-state index in [4.69, 9.17) is 4.74 Å². The number of aliphatic hydroxyl groups excluding tert-OH is 2. The summed E-state index contributed by atoms with van der Waals surface area (Å²) in [5, 5.41) is 45.1. The molecule has 4 unspecified atom stereocenters. The number of carbonyl (C=O) groups is 4. The molecule has 4 aromatic heterocycles. The Labute approximate surface area is 404 Å². The lowest BCUT2D eigenvalue weighted by atomic mass is 10.0. The Morgan fingerprint density at radius 1 is 0.557 bits per heavy atom. The summed E-state index contributed by atoms with van der Waals surface area (Å²) in [5.74, 6) is -2.61. The minimum absolute atomic E-state index is 0.122. The maximum Gasteiger partial charge on any atom is 0.337 e. The Kier molecular flexibility index (Phi) is 16.5. The molecular weight excluding hydrogens is 889 g/mol. The number of aryl methyl sites for hydroxylation is 2. The third-order valence-corrected chi connectivity index (χ3v) is 11.2. The number of amides is 2. The van der Waals surface area contributed by atoms with Gasteiger partial charge < -0.3 is 30.7 Å². The van der Waals surface area contributed by atoms with Crippen molar-refractivity contribution >= 4 is 23.8 Å². The SMILES string of the molecule is CCOC(=O)C(O)C(Cc1ccccc1)NC(=O)c1cccnc1-n1cc(C)c(-c2ccccc2)n1.Cc1cn(-c2ncccc2C(=O)NC(Cc2ccccc2)C(O)C(=O)O)nc1-c1ccccc1. The van der Waals surface area contributed by atoms with Gasteiger partial charge in [0.05, 0.1) is 41.2 Å². The van der Waals surface area contributed by atoms with Crippen LogP contribution in [0.2, 0.25) is 0 Å². The number of pyridine rings is 2. The summed E-state index contributed by atoms with van der Waals surface area (Å²) in [7, 11) is 0. The lowest BCUT2D eigenvalue weighted by Gasteiger charge is -2.23. The third-order valence-electron chi connectivity index (χ3n) is 11.2. The van der Waals surface area contributed by atoms with Gasteiger partial charge in [-0.3, -0.25) is 9.59 Å². The summed E-state index contributed by atoms with van der Waals surface area (Å²) in [5.41, 5.74) is 7.39. The van der Waals surface area contributed by atoms with Crippen molar-refractivity contribution in [1.82, 2.24) is 40.2 Å². The number of aliphatic carboxylic acids is 1. The monoisotopic (exact) mass is 940 g/mol. The highest BCUT2D eigenvalue weighted by Crippen LogP contribution is 2.25. The Morgan fingerprint density at radius 2 is 0.943 bits per heavy atom. The molecule has 356 valence electrons. The summed E-state index contributed by atoms with van der Waals surface area (Å²) in [6, 6.07) is 42.4. The fourth-order valence-electron chi connectivity index (χ4n) is 7.69. The van der Waals surface area contributed by atoms with Gasteiger partial charge in [-0.1, -0.05) is 121 Å². The van der Waals surface area contributed by atoms with Crippen LogP contribution in [0, 0.1) is 13.8 Å². The molecule has 16 heteroatoms. The fourth-order valence-corrected chi connectivity index (χ4v) is 7.69. The summed E-state index contributed by atoms with van der Waals surface area (Å²) in [6.45, 7) is 5.65. The third kappa shape index (κ3) is 12.3. The Morgan fingerprint density at radius 3 is 1.33 bits per heavy atom. The second kappa shape index (κ2) is 23.4. The molecule has 5 N–H and O–H groups in total. The average Bonchev–Trinajstić information content (AvgIpc) is 3.98. The Balaban J connectivity index is 0.000000207. The molecule has 8 rings (SSSR count). The molecule has 2 amide bonds. The lowest BCUT2D eigenvalue weighted by molar-refractivity contribution is -0.154. The topological polar surface area (TPSA) is 224 Å². The first-order chi connectivity index (χ1) is 33.9. The Bertz CT molecular complexity index is 3020. The van der Waals surface area contributed by atoms with Crippen LogP contribution in [0.1, 0.15) is 49.9 Å². The number of hydrogen-bond donors (Lipinski definition) is 5. The maximum absolute atomic E-state index is 13.4. The molecule has 0 radical (unpaired) electrons. The van der Waals surface area contributed by atoms with Crippen LogP contribution in [0.5, 0.6) is 0 Å². The minimum atomic E-state index is -1.78. The maximum atomic E-state index is 13.4. The first-order valence-electron chi connectivity index (χ1n) is 22.5. The van der Waals surface area contributed by atoms with E-state index in [9.17, 15) is 34.5 Å². The van der Waals surface area contributed by atoms with Crippen molar-refractivity contribution < 1.29 is 39.2 Å². The number of benzene rings is 4. The van der Waals surface area contributed by atoms with Crippen LogP contribution < -0.4 is 10.6 Å². The van der Waals surface area contributed by atoms with Gasteiger partial charge in [-0.05, 0) is 80.1 Å². The van der Waals surface area contributed by atoms with Crippen molar-refractivity contribution in [3.8, 4) is 34.2 Å². The van der Waals surface area contributed by atoms with E-state index in [-0.39, 0.29) is 30.6 Å². The molecule has 70 heavy (non-hydrogen) atoms. The highest BCUT2D eigenvalue weighted by atomic mass is 16.5. The number of nitrogens with zero attached hydrogens (tertiary/aromatic N) is 6. The largest absolute Gasteiger partial charge is 0.479 e. The van der Waals surface area contributed by atoms with E-state index in [1.54, 1.807) is 66.6 Å². The first-order valence-corrected chi connectivity index (χ1v) is 22.5. The molecule has 0 spiro atoms. The summed E-state index contributed by atoms with van der Waals surface area (Å²) in [4.78, 5) is 59.2. The molecule has 0 aliphatic rings. The standard InChI is InChI=1S/C28H28N4O4.C26H24N4O4/c1-3-36-28(35)25(33)23(17-20-11-6-4-7-12-20)30-27(34)22-15-10-16-29-26(22)32-18-19(2)24(31-32)21-13-8-5-9-14-21;1-17-16-30(29-22(17)19-11-6-3-7-12-19)24-20(13-8-14-27-24)25(32)28-21(23(31)26(33)34)15-18-9-4-2-5-10-18/h4-16,18,23,25,33H,3,17H2,1-2H3,(H,30,34);2-14,16,21,23,31H,15H2,1H3,(H,28,32)(H,33,34). The van der Waals surface area contributed by atoms with E-state index in [1.807, 2.05) is 129 Å². The highest BCUT2D eigenvalue weighted by molar-refractivity contribution is 5.98. The molecule has 4 heterocycles. The Hall–Kier alpha value is -8.60. The van der Waals surface area contributed by atoms with Gasteiger partial charge in [-0.15, -0.1) is 0 Å². The number of aliphatic hydroxyl groups is 2. The first kappa shape index (κ1) is 49.3. The molecule has 16 nitrogen and oxygen atoms in total. The number of carboxylic acid groups (broad SMARTS) is 1. The number of aromatic nitrogens is 6. The number of ether oxygens (including phenoxy) is 1. The van der Waals surface area contributed by atoms with Gasteiger partial charge in [0.2, 0.25) is 0 Å². The molecule has 4 atom stereocenters. The summed E-state index contributed by atoms with van der Waals surface area (Å²) < 4.78 is 8.10. The van der Waals surface area contributed by atoms with Gasteiger partial charge in [0.1, 0.15) is 0 Å². The summed E-state index contributed by atoms with van der Waals surface area (Å²) in [6.07, 6.45) is 3.81. The number of esters is 1. The van der Waals surface area contributed by atoms with Crippen LogP contribution in [0.15, 0.2) is 170 Å². The van der Waals surface area contributed by atoms with E-state index in [1.165, 1.54) is 4.68 Å². The van der Waals surface area contributed by atoms with Crippen LogP contribution >= 0.6 is 0 Å². The van der Waals surface area contributed by atoms with Crippen molar-refractivity contribution in [2.24, 2.45) is 0 Å². The lowest BCUT2D eigenvalue weighted by Crippen LogP contribution is -2.49. The van der Waals surface area contributed by atoms with Gasteiger partial charge in [0.25, 0.3) is 11.8 Å². The second-order valence-corrected chi connectivity index (χ2v) is 16.2. The van der Waals surface area contributed by atoms with E-state index >= 15 is 0 Å². The molecular formula is C54H52N8O8. The quantitative estimate of drug-likeness (QED) is 0.0615. The molecule has 0 saturated carbocycles. The average molecular weight is 941 g/mol. The fraction of sp³-hybridized carbons (Fsp3) is 0.185. The van der Waals surface area contributed by atoms with Gasteiger partial charge in [0.15, 0.2) is 23.8 Å². The molecule has 8 aromatic rings. The predicted molar refractivity (Wildman–Crippen MR) is 262 cm³/mol. The zero-order valence-electron chi connectivity index (χ0n) is 38.7. The van der Waals surface area contributed by atoms with Crippen LogP contribution in [-0.4, -0.2) is 99.5 Å². The number of carboxylic acids is 1. The normalized spacial score (nSPS) is 12.6. The second-order valence-electron chi connectivity index (χ2n) is 16.2. The van der Waals surface area contributed by atoms with Crippen molar-refractivity contribution in [3.05, 3.63) is 204 Å². The van der Waals surface area contributed by atoms with Crippen molar-refractivity contribution in [3.63, 3.8) is 0 Å². The van der Waals surface area contributed by atoms with E-state index in [2.05, 4.69) is 30.8 Å². The molecule has 0 aliphatic carbocycles. The molecule has 4 aromatic carbocycles.